The molecule has 0 aromatic heterocycles. The summed E-state index contributed by atoms with van der Waals surface area (Å²) in [5.74, 6) is -1.77. The normalized spacial score (nSPS) is 17.8. The van der Waals surface area contributed by atoms with Gasteiger partial charge in [-0.3, -0.25) is 0 Å². The maximum Gasteiger partial charge on any atom is 0.239 e. The fraction of sp³-hybridized carbons (Fsp3) is 0. The Hall–Kier alpha value is -1.13. The minimum absolute atomic E-state index is 0.604. The molecule has 1 radical (unpaired) electrons. The van der Waals surface area contributed by atoms with Crippen molar-refractivity contribution in [2.45, 2.75) is 0 Å². The van der Waals surface area contributed by atoms with Gasteiger partial charge >= 0.3 is 0 Å². The molecule has 0 saturated heterocycles. The van der Waals surface area contributed by atoms with E-state index in [1.165, 1.54) is 0 Å². The SMILES string of the molecule is FC1=CC(F)=N[N]N1. The molecule has 0 spiro atoms. The molecule has 1 rings (SSSR count). The van der Waals surface area contributed by atoms with Crippen LogP contribution in [0.1, 0.15) is 0 Å². The van der Waals surface area contributed by atoms with Gasteiger partial charge in [0, 0.05) is 6.08 Å². The first-order valence-corrected chi connectivity index (χ1v) is 1.85. The van der Waals surface area contributed by atoms with E-state index in [4.69, 9.17) is 0 Å². The maximum atomic E-state index is 11.8. The Morgan fingerprint density at radius 1 is 1.50 bits per heavy atom. The van der Waals surface area contributed by atoms with Crippen molar-refractivity contribution >= 4 is 5.97 Å². The predicted molar refractivity (Wildman–Crippen MR) is 23.0 cm³/mol. The monoisotopic (exact) mass is 118 g/mol. The van der Waals surface area contributed by atoms with Crippen LogP contribution in [-0.2, 0) is 0 Å². The second-order valence-electron chi connectivity index (χ2n) is 1.13. The summed E-state index contributed by atoms with van der Waals surface area (Å²) in [7, 11) is 0. The minimum Gasteiger partial charge on any atom is -0.234 e. The van der Waals surface area contributed by atoms with Gasteiger partial charge in [0.1, 0.15) is 0 Å². The van der Waals surface area contributed by atoms with Gasteiger partial charge in [-0.1, -0.05) is 5.53 Å². The molecule has 0 aromatic rings. The van der Waals surface area contributed by atoms with Gasteiger partial charge in [-0.05, 0) is 0 Å². The molecule has 0 aromatic carbocycles. The number of halogens is 2. The first-order chi connectivity index (χ1) is 3.79. The number of nitrogens with zero attached hydrogens (tertiary/aromatic N) is 2. The molecule has 8 heavy (non-hydrogen) atoms. The van der Waals surface area contributed by atoms with Crippen LogP contribution in [0.5, 0.6) is 0 Å². The molecule has 0 amide bonds. The van der Waals surface area contributed by atoms with Crippen molar-refractivity contribution in [3.63, 3.8) is 0 Å². The van der Waals surface area contributed by atoms with Crippen LogP contribution in [0.3, 0.4) is 0 Å². The highest BCUT2D eigenvalue weighted by Gasteiger charge is 2.02. The third-order valence-electron chi connectivity index (χ3n) is 0.548. The van der Waals surface area contributed by atoms with Crippen LogP contribution in [0.25, 0.3) is 0 Å². The van der Waals surface area contributed by atoms with Crippen molar-refractivity contribution in [3.05, 3.63) is 12.0 Å². The third-order valence-corrected chi connectivity index (χ3v) is 0.548. The number of allylic oxidation sites excluding steroid dienone is 1. The highest BCUT2D eigenvalue weighted by molar-refractivity contribution is 5.87. The van der Waals surface area contributed by atoms with Crippen LogP contribution in [0.2, 0.25) is 0 Å². The molecule has 1 aliphatic heterocycles. The first kappa shape index (κ1) is 5.02. The Morgan fingerprint density at radius 3 is 2.62 bits per heavy atom. The summed E-state index contributed by atoms with van der Waals surface area (Å²) in [5, 5.41) is 2.83. The van der Waals surface area contributed by atoms with E-state index in [0.717, 1.165) is 0 Å². The predicted octanol–water partition coefficient (Wildman–Crippen LogP) is 0.203. The van der Waals surface area contributed by atoms with E-state index < -0.39 is 11.9 Å². The summed E-state index contributed by atoms with van der Waals surface area (Å²) in [5.41, 5.74) is 4.66. The molecule has 1 heterocycles. The third kappa shape index (κ3) is 0.927. The zero-order valence-corrected chi connectivity index (χ0v) is 3.73. The summed E-state index contributed by atoms with van der Waals surface area (Å²) >= 11 is 0. The van der Waals surface area contributed by atoms with Crippen molar-refractivity contribution in [1.29, 1.82) is 0 Å². The number of rotatable bonds is 0. The fourth-order valence-electron chi connectivity index (χ4n) is 0.286. The highest BCUT2D eigenvalue weighted by Crippen LogP contribution is 1.95. The van der Waals surface area contributed by atoms with Gasteiger partial charge in [0.25, 0.3) is 0 Å². The van der Waals surface area contributed by atoms with Crippen LogP contribution in [0.15, 0.2) is 17.1 Å². The van der Waals surface area contributed by atoms with E-state index in [-0.39, 0.29) is 0 Å². The summed E-state index contributed by atoms with van der Waals surface area (Å²) in [6.45, 7) is 0. The molecule has 1 aliphatic rings. The van der Waals surface area contributed by atoms with E-state index in [1.54, 1.807) is 5.43 Å². The first-order valence-electron chi connectivity index (χ1n) is 1.85. The molecule has 0 unspecified atom stereocenters. The van der Waals surface area contributed by atoms with Crippen LogP contribution < -0.4 is 11.0 Å². The maximum absolute atomic E-state index is 11.8. The van der Waals surface area contributed by atoms with Crippen LogP contribution in [0, 0.1) is 0 Å². The topological polar surface area (TPSA) is 38.5 Å². The summed E-state index contributed by atoms with van der Waals surface area (Å²) in [6, 6.07) is 0. The molecule has 1 N–H and O–H groups in total. The van der Waals surface area contributed by atoms with Gasteiger partial charge in [0.15, 0.2) is 0 Å². The lowest BCUT2D eigenvalue weighted by Gasteiger charge is -2.00. The summed E-state index contributed by atoms with van der Waals surface area (Å²) in [6.07, 6.45) is 0.604. The fourth-order valence-corrected chi connectivity index (χ4v) is 0.286. The Kier molecular flexibility index (Phi) is 1.11. The van der Waals surface area contributed by atoms with E-state index >= 15 is 0 Å². The van der Waals surface area contributed by atoms with Gasteiger partial charge in [0.2, 0.25) is 11.9 Å². The number of hydrogen-bond donors (Lipinski definition) is 1. The molecule has 3 nitrogen and oxygen atoms in total. The van der Waals surface area contributed by atoms with Crippen LogP contribution >= 0.6 is 0 Å². The molecular formula is C3H2F2N3. The van der Waals surface area contributed by atoms with Crippen molar-refractivity contribution in [2.24, 2.45) is 5.10 Å². The molecule has 43 valence electrons. The zero-order valence-electron chi connectivity index (χ0n) is 3.73. The average molecular weight is 118 g/mol. The lowest BCUT2D eigenvalue weighted by molar-refractivity contribution is 0.463. The van der Waals surface area contributed by atoms with Gasteiger partial charge in [-0.15, -0.1) is 5.10 Å². The van der Waals surface area contributed by atoms with Gasteiger partial charge in [0.05, 0.1) is 0 Å². The average Bonchev–Trinajstić information content (AvgIpc) is 1.64. The molecule has 5 heteroatoms. The van der Waals surface area contributed by atoms with Gasteiger partial charge < -0.3 is 0 Å². The molecule has 0 fully saturated rings. The van der Waals surface area contributed by atoms with Gasteiger partial charge in [-0.25, -0.2) is 5.43 Å². The van der Waals surface area contributed by atoms with Crippen LogP contribution in [-0.4, -0.2) is 5.97 Å². The molecular weight excluding hydrogens is 116 g/mol. The van der Waals surface area contributed by atoms with Crippen molar-refractivity contribution in [1.82, 2.24) is 11.0 Å². The Balaban J connectivity index is 2.69. The zero-order chi connectivity index (χ0) is 5.98. The standard InChI is InChI=1S/C3H2F2N3/c4-2-1-3(5)7-8-6-2/h1,6H. The second kappa shape index (κ2) is 1.77. The molecule has 0 saturated carbocycles. The number of nitrogens with one attached hydrogen (secondary N) is 1. The molecule has 0 bridgehead atoms. The lowest BCUT2D eigenvalue weighted by Crippen LogP contribution is -2.22. The summed E-state index contributed by atoms with van der Waals surface area (Å²) in [4.78, 5) is 0. The minimum atomic E-state index is -0.929. The Labute approximate surface area is 44.0 Å². The quantitative estimate of drug-likeness (QED) is 0.453. The molecule has 0 aliphatic carbocycles. The highest BCUT2D eigenvalue weighted by atomic mass is 19.1. The van der Waals surface area contributed by atoms with Crippen molar-refractivity contribution in [2.75, 3.05) is 0 Å². The van der Waals surface area contributed by atoms with E-state index in [0.29, 0.717) is 6.08 Å². The van der Waals surface area contributed by atoms with E-state index in [1.807, 2.05) is 0 Å². The Bertz CT molecular complexity index is 151. The van der Waals surface area contributed by atoms with Crippen LogP contribution in [0.4, 0.5) is 8.78 Å². The lowest BCUT2D eigenvalue weighted by atomic mass is 10.6. The number of hydrogen-bond acceptors (Lipinski definition) is 2. The second-order valence-corrected chi connectivity index (χ2v) is 1.13. The van der Waals surface area contributed by atoms with Gasteiger partial charge in [-0.2, -0.15) is 8.78 Å². The smallest absolute Gasteiger partial charge is 0.234 e. The van der Waals surface area contributed by atoms with Crippen molar-refractivity contribution < 1.29 is 8.78 Å². The van der Waals surface area contributed by atoms with Crippen molar-refractivity contribution in [3.8, 4) is 0 Å². The van der Waals surface area contributed by atoms with E-state index in [9.17, 15) is 8.78 Å². The summed E-state index contributed by atoms with van der Waals surface area (Å²) < 4.78 is 23.5. The van der Waals surface area contributed by atoms with E-state index in [2.05, 4.69) is 10.6 Å². The largest absolute Gasteiger partial charge is 0.239 e. The Morgan fingerprint density at radius 2 is 2.25 bits per heavy atom. The molecule has 0 atom stereocenters.